The molecular weight excluding hydrogens is 326 g/mol. The summed E-state index contributed by atoms with van der Waals surface area (Å²) in [5.74, 6) is 0.330. The molecule has 2 fully saturated rings. The lowest BCUT2D eigenvalue weighted by Crippen LogP contribution is -2.71. The molecule has 0 radical (unpaired) electrons. The van der Waals surface area contributed by atoms with Gasteiger partial charge in [-0.25, -0.2) is 0 Å². The Hall–Kier alpha value is -0.780. The minimum atomic E-state index is 0.330. The van der Waals surface area contributed by atoms with E-state index < -0.39 is 0 Å². The van der Waals surface area contributed by atoms with E-state index in [9.17, 15) is 9.59 Å². The molecule has 0 atom stereocenters. The van der Waals surface area contributed by atoms with Gasteiger partial charge in [-0.1, -0.05) is 27.2 Å². The molecule has 1 N–H and O–H groups in total. The second-order valence-corrected chi connectivity index (χ2v) is 8.50. The van der Waals surface area contributed by atoms with Gasteiger partial charge in [0.2, 0.25) is 0 Å². The summed E-state index contributed by atoms with van der Waals surface area (Å²) in [6.07, 6.45) is 7.08. The van der Waals surface area contributed by atoms with E-state index in [0.29, 0.717) is 36.5 Å². The number of nitrogens with zero attached hydrogens (tertiary/aromatic N) is 2. The first-order valence-corrected chi connectivity index (χ1v) is 10.5. The highest BCUT2D eigenvalue weighted by Crippen LogP contribution is 2.38. The molecule has 0 aromatic heterocycles. The average Bonchev–Trinajstić information content (AvgIpc) is 2.54. The van der Waals surface area contributed by atoms with E-state index in [2.05, 4.69) is 36.0 Å². The van der Waals surface area contributed by atoms with Gasteiger partial charge in [0.15, 0.2) is 0 Å². The summed E-state index contributed by atoms with van der Waals surface area (Å²) >= 11 is 0. The number of carbonyl (C=O) groups excluding carboxylic acids is 2. The molecule has 2 aliphatic heterocycles. The molecular formula is C21H41N3O2. The number of unbranched alkanes of at least 4 members (excludes halogenated alkanes) is 3. The highest BCUT2D eigenvalue weighted by Gasteiger charge is 2.49. The van der Waals surface area contributed by atoms with E-state index >= 15 is 0 Å². The van der Waals surface area contributed by atoms with Crippen LogP contribution >= 0.6 is 0 Å². The van der Waals surface area contributed by atoms with Crippen molar-refractivity contribution >= 4 is 12.1 Å². The van der Waals surface area contributed by atoms with Crippen LogP contribution in [0.5, 0.6) is 0 Å². The monoisotopic (exact) mass is 367 g/mol. The van der Waals surface area contributed by atoms with Gasteiger partial charge < -0.3 is 19.9 Å². The third-order valence-electron chi connectivity index (χ3n) is 5.20. The predicted octanol–water partition coefficient (Wildman–Crippen LogP) is 2.74. The zero-order valence-corrected chi connectivity index (χ0v) is 17.6. The number of rotatable bonds is 12. The Morgan fingerprint density at radius 2 is 1.81 bits per heavy atom. The van der Waals surface area contributed by atoms with Crippen LogP contribution in [0, 0.1) is 5.41 Å². The molecule has 2 aliphatic rings. The van der Waals surface area contributed by atoms with E-state index in [4.69, 9.17) is 0 Å². The van der Waals surface area contributed by atoms with Crippen molar-refractivity contribution in [3.63, 3.8) is 0 Å². The predicted molar refractivity (Wildman–Crippen MR) is 109 cm³/mol. The number of carbonyl (C=O) groups is 2. The van der Waals surface area contributed by atoms with Crippen LogP contribution in [0.3, 0.4) is 0 Å². The number of ketones is 1. The van der Waals surface area contributed by atoms with Crippen molar-refractivity contribution in [2.75, 3.05) is 46.3 Å². The van der Waals surface area contributed by atoms with Crippen molar-refractivity contribution in [1.29, 1.82) is 0 Å². The molecule has 0 unspecified atom stereocenters. The molecule has 0 amide bonds. The fraction of sp³-hybridized carbons (Fsp3) is 0.905. The van der Waals surface area contributed by atoms with Crippen LogP contribution in [0.25, 0.3) is 0 Å². The molecule has 5 heteroatoms. The highest BCUT2D eigenvalue weighted by atomic mass is 16.1. The van der Waals surface area contributed by atoms with E-state index in [-0.39, 0.29) is 0 Å². The third kappa shape index (κ3) is 9.24. The summed E-state index contributed by atoms with van der Waals surface area (Å²) in [5, 5.41) is 3.47. The first-order valence-electron chi connectivity index (χ1n) is 10.5. The lowest BCUT2D eigenvalue weighted by atomic mass is 9.73. The van der Waals surface area contributed by atoms with E-state index in [0.717, 1.165) is 25.5 Å². The van der Waals surface area contributed by atoms with Gasteiger partial charge in [-0.05, 0) is 39.4 Å². The summed E-state index contributed by atoms with van der Waals surface area (Å²) in [4.78, 5) is 25.7. The van der Waals surface area contributed by atoms with Crippen molar-refractivity contribution < 1.29 is 9.59 Å². The van der Waals surface area contributed by atoms with Crippen molar-refractivity contribution in [2.45, 2.75) is 71.8 Å². The summed E-state index contributed by atoms with van der Waals surface area (Å²) in [7, 11) is 2.22. The second-order valence-electron chi connectivity index (χ2n) is 8.50. The normalized spacial score (nSPS) is 18.8. The maximum atomic E-state index is 10.8. The van der Waals surface area contributed by atoms with Crippen LogP contribution in [0.4, 0.5) is 0 Å². The Kier molecular flexibility index (Phi) is 11.3. The Labute approximate surface area is 160 Å². The Morgan fingerprint density at radius 3 is 2.35 bits per heavy atom. The molecule has 2 rings (SSSR count). The van der Waals surface area contributed by atoms with Crippen molar-refractivity contribution in [2.24, 2.45) is 5.41 Å². The SMILES string of the molecule is CC(C)NCCCN1CC2(CN(C)C2)C1.CCC(=O)CCCCCC=O. The number of Topliss-reactive ketones (excluding diaryl/α,β-unsaturated/α-hetero) is 1. The van der Waals surface area contributed by atoms with E-state index in [1.54, 1.807) is 0 Å². The van der Waals surface area contributed by atoms with Gasteiger partial charge in [-0.15, -0.1) is 0 Å². The molecule has 0 aromatic carbocycles. The first-order chi connectivity index (χ1) is 12.4. The smallest absolute Gasteiger partial charge is 0.132 e. The Morgan fingerprint density at radius 1 is 1.12 bits per heavy atom. The molecule has 0 saturated carbocycles. The Balaban J connectivity index is 0.000000276. The number of nitrogens with one attached hydrogen (secondary N) is 1. The molecule has 26 heavy (non-hydrogen) atoms. The number of likely N-dealkylation sites (tertiary alicyclic amines) is 2. The summed E-state index contributed by atoms with van der Waals surface area (Å²) < 4.78 is 0. The summed E-state index contributed by atoms with van der Waals surface area (Å²) in [6.45, 7) is 14.1. The lowest BCUT2D eigenvalue weighted by Gasteiger charge is -2.59. The Bertz CT molecular complexity index is 398. The molecule has 2 heterocycles. The third-order valence-corrected chi connectivity index (χ3v) is 5.20. The maximum Gasteiger partial charge on any atom is 0.132 e. The van der Waals surface area contributed by atoms with Crippen LogP contribution in [0.1, 0.15) is 65.7 Å². The fourth-order valence-corrected chi connectivity index (χ4v) is 3.96. The van der Waals surface area contributed by atoms with Crippen molar-refractivity contribution in [3.05, 3.63) is 0 Å². The molecule has 152 valence electrons. The van der Waals surface area contributed by atoms with Gasteiger partial charge in [-0.2, -0.15) is 0 Å². The molecule has 2 saturated heterocycles. The minimum Gasteiger partial charge on any atom is -0.314 e. The maximum absolute atomic E-state index is 10.8. The number of hydrogen-bond acceptors (Lipinski definition) is 5. The van der Waals surface area contributed by atoms with Crippen LogP contribution < -0.4 is 5.32 Å². The lowest BCUT2D eigenvalue weighted by molar-refractivity contribution is -0.118. The quantitative estimate of drug-likeness (QED) is 0.425. The molecule has 0 aromatic rings. The van der Waals surface area contributed by atoms with Gasteiger partial charge in [0.25, 0.3) is 0 Å². The zero-order valence-electron chi connectivity index (χ0n) is 17.6. The van der Waals surface area contributed by atoms with Crippen molar-refractivity contribution in [3.8, 4) is 0 Å². The first kappa shape index (κ1) is 23.3. The second kappa shape index (κ2) is 12.6. The van der Waals surface area contributed by atoms with Gasteiger partial charge in [0.1, 0.15) is 12.1 Å². The zero-order chi connectivity index (χ0) is 19.4. The van der Waals surface area contributed by atoms with E-state index in [1.165, 1.54) is 45.7 Å². The van der Waals surface area contributed by atoms with Crippen LogP contribution in [-0.2, 0) is 9.59 Å². The number of aldehydes is 1. The van der Waals surface area contributed by atoms with E-state index in [1.807, 2.05) is 6.92 Å². The fourth-order valence-electron chi connectivity index (χ4n) is 3.96. The number of hydrogen-bond donors (Lipinski definition) is 1. The van der Waals surface area contributed by atoms with Gasteiger partial charge in [0.05, 0.1) is 0 Å². The summed E-state index contributed by atoms with van der Waals surface area (Å²) in [5.41, 5.74) is 0.709. The van der Waals surface area contributed by atoms with Crippen LogP contribution in [0.2, 0.25) is 0 Å². The molecule has 0 aliphatic carbocycles. The average molecular weight is 368 g/mol. The van der Waals surface area contributed by atoms with Crippen molar-refractivity contribution in [1.82, 2.24) is 15.1 Å². The molecule has 0 bridgehead atoms. The largest absolute Gasteiger partial charge is 0.314 e. The van der Waals surface area contributed by atoms with Gasteiger partial charge in [-0.3, -0.25) is 4.79 Å². The van der Waals surface area contributed by atoms with Crippen LogP contribution in [0.15, 0.2) is 0 Å². The molecule has 1 spiro atoms. The standard InChI is InChI=1S/C12H25N3.C9H16O2/c1-11(2)13-5-4-6-15-9-12(10-15)7-14(3)8-12;1-2-9(11)7-5-3-4-6-8-10/h11,13H,4-10H2,1-3H3;8H,2-7H2,1H3. The molecule has 5 nitrogen and oxygen atoms in total. The van der Waals surface area contributed by atoms with Gasteiger partial charge in [0, 0.05) is 56.9 Å². The topological polar surface area (TPSA) is 52.6 Å². The van der Waals surface area contributed by atoms with Gasteiger partial charge >= 0.3 is 0 Å². The minimum absolute atomic E-state index is 0.330. The highest BCUT2D eigenvalue weighted by molar-refractivity contribution is 5.77. The summed E-state index contributed by atoms with van der Waals surface area (Å²) in [6, 6.07) is 0.632. The van der Waals surface area contributed by atoms with Crippen LogP contribution in [-0.4, -0.2) is 74.2 Å².